The van der Waals surface area contributed by atoms with Gasteiger partial charge in [0.15, 0.2) is 6.17 Å². The lowest BCUT2D eigenvalue weighted by Gasteiger charge is -2.21. The molecule has 1 unspecified atom stereocenters. The van der Waals surface area contributed by atoms with Crippen molar-refractivity contribution in [3.8, 4) is 0 Å². The van der Waals surface area contributed by atoms with Gasteiger partial charge in [-0.3, -0.25) is 0 Å². The second-order valence-electron chi connectivity index (χ2n) is 4.07. The van der Waals surface area contributed by atoms with Crippen LogP contribution < -0.4 is 5.06 Å². The Morgan fingerprint density at radius 3 is 2.68 bits per heavy atom. The average molecular weight is 313 g/mol. The number of hydrogen-bond acceptors (Lipinski definition) is 4. The third kappa shape index (κ3) is 2.71. The molecule has 6 heteroatoms. The molecule has 0 saturated carbocycles. The number of rotatable bonds is 3. The number of hydroxylamine groups is 1. The first-order chi connectivity index (χ1) is 9.24. The summed E-state index contributed by atoms with van der Waals surface area (Å²) in [7, 11) is 0. The van der Waals surface area contributed by atoms with Gasteiger partial charge in [-0.05, 0) is 29.1 Å². The lowest BCUT2D eigenvalue weighted by Crippen LogP contribution is -2.29. The van der Waals surface area contributed by atoms with Gasteiger partial charge in [0.05, 0.1) is 5.02 Å². The van der Waals surface area contributed by atoms with E-state index in [9.17, 15) is 0 Å². The molecule has 0 spiro atoms. The summed E-state index contributed by atoms with van der Waals surface area (Å²) in [5, 5.41) is 5.95. The van der Waals surface area contributed by atoms with E-state index >= 15 is 0 Å². The Labute approximate surface area is 125 Å². The van der Waals surface area contributed by atoms with Gasteiger partial charge >= 0.3 is 0 Å². The van der Waals surface area contributed by atoms with Crippen molar-refractivity contribution in [1.29, 1.82) is 0 Å². The molecule has 0 saturated heterocycles. The van der Waals surface area contributed by atoms with Crippen LogP contribution in [0.25, 0.3) is 0 Å². The molecule has 0 N–H and O–H groups in total. The molecule has 1 aromatic heterocycles. The molecule has 3 rings (SSSR count). The summed E-state index contributed by atoms with van der Waals surface area (Å²) in [6.07, 6.45) is 2.09. The number of halogens is 2. The van der Waals surface area contributed by atoms with E-state index in [1.165, 1.54) is 17.7 Å². The molecule has 0 amide bonds. The summed E-state index contributed by atoms with van der Waals surface area (Å²) >= 11 is 13.5. The lowest BCUT2D eigenvalue weighted by molar-refractivity contribution is 0.279. The molecular weight excluding hydrogens is 303 g/mol. The van der Waals surface area contributed by atoms with E-state index < -0.39 is 0 Å². The molecule has 1 atom stereocenters. The fourth-order valence-corrected chi connectivity index (χ4v) is 3.14. The van der Waals surface area contributed by atoms with Gasteiger partial charge in [-0.15, -0.1) is 11.3 Å². The standard InChI is InChI=1S/C13H10Cl2N2OS/c14-10-3-1-9(2-4-10)7-12-16-8-18-17(12)13-11(15)5-6-19-13/h1-6,8,12H,7H2. The van der Waals surface area contributed by atoms with E-state index in [1.54, 1.807) is 5.06 Å². The zero-order valence-corrected chi connectivity index (χ0v) is 12.1. The van der Waals surface area contributed by atoms with Crippen LogP contribution >= 0.6 is 34.5 Å². The molecule has 1 aliphatic rings. The Hall–Kier alpha value is -1.23. The Kier molecular flexibility index (Phi) is 3.64. The van der Waals surface area contributed by atoms with Crippen LogP contribution in [0.15, 0.2) is 40.7 Å². The van der Waals surface area contributed by atoms with Crippen LogP contribution in [0.5, 0.6) is 0 Å². The number of aliphatic imine (C=N–C) groups is 1. The average Bonchev–Trinajstić information content (AvgIpc) is 3.01. The zero-order valence-electron chi connectivity index (χ0n) is 9.79. The number of anilines is 1. The van der Waals surface area contributed by atoms with Gasteiger partial charge in [-0.2, -0.15) is 5.06 Å². The largest absolute Gasteiger partial charge is 0.365 e. The Bertz CT molecular complexity index is 597. The van der Waals surface area contributed by atoms with Crippen LogP contribution in [0, 0.1) is 0 Å². The minimum absolute atomic E-state index is 0.0997. The van der Waals surface area contributed by atoms with E-state index in [1.807, 2.05) is 35.7 Å². The van der Waals surface area contributed by atoms with Crippen LogP contribution in [0.4, 0.5) is 5.00 Å². The van der Waals surface area contributed by atoms with Gasteiger partial charge in [0.25, 0.3) is 0 Å². The monoisotopic (exact) mass is 312 g/mol. The molecule has 0 radical (unpaired) electrons. The molecule has 19 heavy (non-hydrogen) atoms. The van der Waals surface area contributed by atoms with Crippen LogP contribution in [0.2, 0.25) is 10.0 Å². The SMILES string of the molecule is Clc1ccc(CC2N=CON2c2sccc2Cl)cc1. The third-order valence-corrected chi connectivity index (χ3v) is 4.36. The van der Waals surface area contributed by atoms with Gasteiger partial charge in [0, 0.05) is 11.4 Å². The predicted octanol–water partition coefficient (Wildman–Crippen LogP) is 4.40. The Morgan fingerprint density at radius 1 is 1.21 bits per heavy atom. The summed E-state index contributed by atoms with van der Waals surface area (Å²) in [6, 6.07) is 9.58. The molecule has 0 bridgehead atoms. The first-order valence-electron chi connectivity index (χ1n) is 5.69. The summed E-state index contributed by atoms with van der Waals surface area (Å²) in [5.74, 6) is 0. The minimum atomic E-state index is -0.0997. The molecule has 2 heterocycles. The molecular formula is C13H10Cl2N2OS. The van der Waals surface area contributed by atoms with Crippen molar-refractivity contribution in [2.24, 2.45) is 4.99 Å². The fraction of sp³-hybridized carbons (Fsp3) is 0.154. The Balaban J connectivity index is 1.78. The maximum atomic E-state index is 6.12. The Morgan fingerprint density at radius 2 is 2.00 bits per heavy atom. The highest BCUT2D eigenvalue weighted by Gasteiger charge is 2.26. The van der Waals surface area contributed by atoms with Crippen molar-refractivity contribution in [3.63, 3.8) is 0 Å². The maximum Gasteiger partial charge on any atom is 0.207 e. The summed E-state index contributed by atoms with van der Waals surface area (Å²) < 4.78 is 0. The highest BCUT2D eigenvalue weighted by Crippen LogP contribution is 2.35. The highest BCUT2D eigenvalue weighted by atomic mass is 35.5. The van der Waals surface area contributed by atoms with Crippen molar-refractivity contribution in [2.45, 2.75) is 12.6 Å². The lowest BCUT2D eigenvalue weighted by atomic mass is 10.1. The summed E-state index contributed by atoms with van der Waals surface area (Å²) in [5.41, 5.74) is 1.15. The second kappa shape index (κ2) is 5.41. The smallest absolute Gasteiger partial charge is 0.207 e. The van der Waals surface area contributed by atoms with Gasteiger partial charge in [0.2, 0.25) is 6.40 Å². The van der Waals surface area contributed by atoms with Crippen LogP contribution in [0.1, 0.15) is 5.56 Å². The quantitative estimate of drug-likeness (QED) is 0.839. The molecule has 0 aliphatic carbocycles. The maximum absolute atomic E-state index is 6.12. The summed E-state index contributed by atoms with van der Waals surface area (Å²) in [6.45, 7) is 0. The van der Waals surface area contributed by atoms with E-state index in [4.69, 9.17) is 28.0 Å². The molecule has 1 aliphatic heterocycles. The van der Waals surface area contributed by atoms with Crippen molar-refractivity contribution in [3.05, 3.63) is 51.3 Å². The van der Waals surface area contributed by atoms with Gasteiger partial charge in [-0.1, -0.05) is 35.3 Å². The number of thiophene rings is 1. The van der Waals surface area contributed by atoms with E-state index in [-0.39, 0.29) is 6.17 Å². The summed E-state index contributed by atoms with van der Waals surface area (Å²) in [4.78, 5) is 9.75. The third-order valence-electron chi connectivity index (χ3n) is 2.79. The predicted molar refractivity (Wildman–Crippen MR) is 80.3 cm³/mol. The number of hydrogen-bond donors (Lipinski definition) is 0. The molecule has 0 fully saturated rings. The van der Waals surface area contributed by atoms with Crippen molar-refractivity contribution < 1.29 is 4.84 Å². The van der Waals surface area contributed by atoms with Crippen molar-refractivity contribution in [2.75, 3.05) is 5.06 Å². The highest BCUT2D eigenvalue weighted by molar-refractivity contribution is 7.14. The van der Waals surface area contributed by atoms with Crippen molar-refractivity contribution in [1.82, 2.24) is 0 Å². The van der Waals surface area contributed by atoms with E-state index in [2.05, 4.69) is 4.99 Å². The molecule has 1 aromatic carbocycles. The second-order valence-corrected chi connectivity index (χ2v) is 5.81. The first kappa shape index (κ1) is 12.8. The topological polar surface area (TPSA) is 24.8 Å². The molecule has 3 nitrogen and oxygen atoms in total. The van der Waals surface area contributed by atoms with Crippen molar-refractivity contribution >= 4 is 45.9 Å². The van der Waals surface area contributed by atoms with Gasteiger partial charge < -0.3 is 4.84 Å². The van der Waals surface area contributed by atoms with Crippen LogP contribution in [0.3, 0.4) is 0 Å². The normalized spacial score (nSPS) is 17.8. The fourth-order valence-electron chi connectivity index (χ4n) is 1.87. The molecule has 98 valence electrons. The molecule has 2 aromatic rings. The number of benzene rings is 1. The first-order valence-corrected chi connectivity index (χ1v) is 7.33. The van der Waals surface area contributed by atoms with Gasteiger partial charge in [-0.25, -0.2) is 4.99 Å². The zero-order chi connectivity index (χ0) is 13.2. The van der Waals surface area contributed by atoms with Crippen LogP contribution in [-0.4, -0.2) is 12.6 Å². The minimum Gasteiger partial charge on any atom is -0.365 e. The van der Waals surface area contributed by atoms with E-state index in [0.717, 1.165) is 22.0 Å². The number of nitrogens with zero attached hydrogens (tertiary/aromatic N) is 2. The van der Waals surface area contributed by atoms with Crippen LogP contribution in [-0.2, 0) is 11.3 Å². The van der Waals surface area contributed by atoms with Gasteiger partial charge in [0.1, 0.15) is 5.00 Å². The van der Waals surface area contributed by atoms with E-state index in [0.29, 0.717) is 5.02 Å².